The Morgan fingerprint density at radius 2 is 1.88 bits per heavy atom. The van der Waals surface area contributed by atoms with Crippen molar-refractivity contribution in [2.24, 2.45) is 5.92 Å². The molecule has 134 valence electrons. The predicted octanol–water partition coefficient (Wildman–Crippen LogP) is 4.43. The maximum absolute atomic E-state index is 12.0. The molecule has 0 heterocycles. The molecule has 4 heteroatoms. The highest BCUT2D eigenvalue weighted by Gasteiger charge is 2.54. The predicted molar refractivity (Wildman–Crippen MR) is 97.1 cm³/mol. The van der Waals surface area contributed by atoms with Crippen LogP contribution in [0.3, 0.4) is 0 Å². The highest BCUT2D eigenvalue weighted by atomic mass is 16.6. The van der Waals surface area contributed by atoms with Gasteiger partial charge >= 0.3 is 6.09 Å². The third-order valence-electron chi connectivity index (χ3n) is 4.25. The minimum Gasteiger partial charge on any atom is -0.444 e. The first-order valence-corrected chi connectivity index (χ1v) is 8.73. The third-order valence-corrected chi connectivity index (χ3v) is 4.25. The molecule has 0 bridgehead atoms. The molecule has 1 aliphatic carbocycles. The molecule has 1 amide bonds. The molecule has 0 spiro atoms. The number of nitrogens with zero attached hydrogens (tertiary/aromatic N) is 1. The first-order valence-electron chi connectivity index (χ1n) is 8.73. The SMILES string of the molecule is CC.CN(CCC1(c2ccccc2)CC1C=O)C(=O)OC(C)(C)C. The van der Waals surface area contributed by atoms with Crippen molar-refractivity contribution in [2.45, 2.75) is 58.5 Å². The molecule has 0 aromatic heterocycles. The fraction of sp³-hybridized carbons (Fsp3) is 0.600. The van der Waals surface area contributed by atoms with Crippen molar-refractivity contribution in [1.82, 2.24) is 4.90 Å². The van der Waals surface area contributed by atoms with Crippen LogP contribution in [0.15, 0.2) is 30.3 Å². The molecule has 0 saturated heterocycles. The van der Waals surface area contributed by atoms with E-state index in [2.05, 4.69) is 12.1 Å². The molecule has 1 fully saturated rings. The van der Waals surface area contributed by atoms with Gasteiger partial charge in [0.2, 0.25) is 0 Å². The van der Waals surface area contributed by atoms with Crippen LogP contribution in [-0.2, 0) is 14.9 Å². The Balaban J connectivity index is 0.00000139. The summed E-state index contributed by atoms with van der Waals surface area (Å²) in [5.41, 5.74) is 0.580. The standard InChI is InChI=1S/C18H25NO3.C2H6/c1-17(2,3)22-16(21)19(4)11-10-18(12-15(18)13-20)14-8-6-5-7-9-14;1-2/h5-9,13,15H,10-12H2,1-4H3;1-2H3. The van der Waals surface area contributed by atoms with Gasteiger partial charge in [-0.3, -0.25) is 0 Å². The van der Waals surface area contributed by atoms with Crippen LogP contribution in [0.25, 0.3) is 0 Å². The number of rotatable bonds is 5. The second-order valence-electron chi connectivity index (χ2n) is 7.12. The maximum atomic E-state index is 12.0. The number of hydrogen-bond acceptors (Lipinski definition) is 3. The summed E-state index contributed by atoms with van der Waals surface area (Å²) in [6.07, 6.45) is 2.36. The molecule has 2 unspecified atom stereocenters. The van der Waals surface area contributed by atoms with E-state index in [0.717, 1.165) is 19.1 Å². The van der Waals surface area contributed by atoms with E-state index in [1.165, 1.54) is 5.56 Å². The molecule has 24 heavy (non-hydrogen) atoms. The second kappa shape index (κ2) is 8.32. The van der Waals surface area contributed by atoms with Gasteiger partial charge in [0.15, 0.2) is 0 Å². The maximum Gasteiger partial charge on any atom is 0.410 e. The normalized spacial score (nSPS) is 22.0. The Bertz CT molecular complexity index is 536. The fourth-order valence-corrected chi connectivity index (χ4v) is 2.84. The van der Waals surface area contributed by atoms with Crippen LogP contribution < -0.4 is 0 Å². The van der Waals surface area contributed by atoms with Gasteiger partial charge in [-0.1, -0.05) is 44.2 Å². The van der Waals surface area contributed by atoms with Gasteiger partial charge in [0.1, 0.15) is 11.9 Å². The van der Waals surface area contributed by atoms with E-state index in [-0.39, 0.29) is 17.4 Å². The number of aldehydes is 1. The number of hydrogen-bond donors (Lipinski definition) is 0. The zero-order chi connectivity index (χ0) is 18.4. The monoisotopic (exact) mass is 333 g/mol. The lowest BCUT2D eigenvalue weighted by Crippen LogP contribution is -2.36. The van der Waals surface area contributed by atoms with Crippen molar-refractivity contribution in [3.8, 4) is 0 Å². The molecule has 1 aliphatic rings. The molecule has 1 aromatic carbocycles. The van der Waals surface area contributed by atoms with E-state index >= 15 is 0 Å². The van der Waals surface area contributed by atoms with Crippen molar-refractivity contribution in [3.63, 3.8) is 0 Å². The zero-order valence-electron chi connectivity index (χ0n) is 15.8. The molecular formula is C20H31NO3. The van der Waals surface area contributed by atoms with Crippen molar-refractivity contribution >= 4 is 12.4 Å². The van der Waals surface area contributed by atoms with Crippen LogP contribution in [0.1, 0.15) is 53.0 Å². The number of benzene rings is 1. The second-order valence-corrected chi connectivity index (χ2v) is 7.12. The fourth-order valence-electron chi connectivity index (χ4n) is 2.84. The van der Waals surface area contributed by atoms with Gasteiger partial charge in [-0.15, -0.1) is 0 Å². The highest BCUT2D eigenvalue weighted by Crippen LogP contribution is 2.55. The van der Waals surface area contributed by atoms with Gasteiger partial charge in [-0.05, 0) is 39.2 Å². The summed E-state index contributed by atoms with van der Waals surface area (Å²) in [4.78, 5) is 24.8. The molecule has 2 rings (SSSR count). The van der Waals surface area contributed by atoms with Gasteiger partial charge in [-0.2, -0.15) is 0 Å². The quantitative estimate of drug-likeness (QED) is 0.749. The number of carbonyl (C=O) groups excluding carboxylic acids is 2. The largest absolute Gasteiger partial charge is 0.444 e. The minimum atomic E-state index is -0.493. The Morgan fingerprint density at radius 3 is 2.33 bits per heavy atom. The lowest BCUT2D eigenvalue weighted by atomic mass is 9.90. The van der Waals surface area contributed by atoms with Crippen molar-refractivity contribution < 1.29 is 14.3 Å². The molecule has 1 aromatic rings. The summed E-state index contributed by atoms with van der Waals surface area (Å²) in [6.45, 7) is 10.1. The van der Waals surface area contributed by atoms with Gasteiger partial charge < -0.3 is 14.4 Å². The lowest BCUT2D eigenvalue weighted by Gasteiger charge is -2.26. The zero-order valence-corrected chi connectivity index (χ0v) is 15.8. The first-order chi connectivity index (χ1) is 11.3. The minimum absolute atomic E-state index is 0.0573. The van der Waals surface area contributed by atoms with Crippen LogP contribution in [0, 0.1) is 5.92 Å². The molecule has 4 nitrogen and oxygen atoms in total. The van der Waals surface area contributed by atoms with Gasteiger partial charge in [0, 0.05) is 24.9 Å². The molecule has 0 N–H and O–H groups in total. The van der Waals surface area contributed by atoms with E-state index in [4.69, 9.17) is 4.74 Å². The summed E-state index contributed by atoms with van der Waals surface area (Å²) in [7, 11) is 1.74. The lowest BCUT2D eigenvalue weighted by molar-refractivity contribution is -0.109. The van der Waals surface area contributed by atoms with Crippen LogP contribution in [0.2, 0.25) is 0 Å². The van der Waals surface area contributed by atoms with Crippen LogP contribution >= 0.6 is 0 Å². The third kappa shape index (κ3) is 5.08. The first kappa shape index (κ1) is 20.2. The number of amides is 1. The Kier molecular flexibility index (Phi) is 7.00. The molecule has 1 saturated carbocycles. The Hall–Kier alpha value is -1.84. The van der Waals surface area contributed by atoms with Gasteiger partial charge in [-0.25, -0.2) is 4.79 Å². The summed E-state index contributed by atoms with van der Waals surface area (Å²) in [6, 6.07) is 10.1. The summed E-state index contributed by atoms with van der Waals surface area (Å²) >= 11 is 0. The van der Waals surface area contributed by atoms with E-state index in [9.17, 15) is 9.59 Å². The topological polar surface area (TPSA) is 46.6 Å². The highest BCUT2D eigenvalue weighted by molar-refractivity contribution is 5.68. The molecule has 0 aliphatic heterocycles. The van der Waals surface area contributed by atoms with Crippen molar-refractivity contribution in [1.29, 1.82) is 0 Å². The van der Waals surface area contributed by atoms with Crippen molar-refractivity contribution in [3.05, 3.63) is 35.9 Å². The van der Waals surface area contributed by atoms with E-state index in [1.807, 2.05) is 52.8 Å². The molecule has 0 radical (unpaired) electrons. The van der Waals surface area contributed by atoms with E-state index < -0.39 is 5.60 Å². The summed E-state index contributed by atoms with van der Waals surface area (Å²) in [5.74, 6) is 0.0573. The van der Waals surface area contributed by atoms with Crippen LogP contribution in [0.5, 0.6) is 0 Å². The smallest absolute Gasteiger partial charge is 0.410 e. The Morgan fingerprint density at radius 1 is 1.29 bits per heavy atom. The van der Waals surface area contributed by atoms with E-state index in [0.29, 0.717) is 6.54 Å². The average Bonchev–Trinajstić information content (AvgIpc) is 3.28. The number of ether oxygens (including phenoxy) is 1. The van der Waals surface area contributed by atoms with Crippen LogP contribution in [-0.4, -0.2) is 36.5 Å². The van der Waals surface area contributed by atoms with E-state index in [1.54, 1.807) is 11.9 Å². The number of carbonyl (C=O) groups is 2. The van der Waals surface area contributed by atoms with Crippen molar-refractivity contribution in [2.75, 3.05) is 13.6 Å². The molecule has 2 atom stereocenters. The Labute approximate surface area is 146 Å². The molecular weight excluding hydrogens is 302 g/mol. The van der Waals surface area contributed by atoms with Crippen LogP contribution in [0.4, 0.5) is 4.79 Å². The average molecular weight is 333 g/mol. The van der Waals surface area contributed by atoms with Gasteiger partial charge in [0.05, 0.1) is 0 Å². The summed E-state index contributed by atoms with van der Waals surface area (Å²) < 4.78 is 5.36. The van der Waals surface area contributed by atoms with Gasteiger partial charge in [0.25, 0.3) is 0 Å². The summed E-state index contributed by atoms with van der Waals surface area (Å²) in [5, 5.41) is 0.